The predicted molar refractivity (Wildman–Crippen MR) is 132 cm³/mol. The smallest absolute Gasteiger partial charge is 0.251 e. The number of ketones is 1. The molecule has 2 aromatic heterocycles. The van der Waals surface area contributed by atoms with Gasteiger partial charge in [-0.1, -0.05) is 13.8 Å². The van der Waals surface area contributed by atoms with E-state index in [1.165, 1.54) is 17.7 Å². The largest absolute Gasteiger partial charge is 0.326 e. The zero-order valence-electron chi connectivity index (χ0n) is 20.2. The van der Waals surface area contributed by atoms with Gasteiger partial charge in [0, 0.05) is 58.7 Å². The van der Waals surface area contributed by atoms with E-state index in [1.807, 2.05) is 39.1 Å². The van der Waals surface area contributed by atoms with Crippen LogP contribution in [0.25, 0.3) is 0 Å². The lowest BCUT2D eigenvalue weighted by atomic mass is 10.0. The van der Waals surface area contributed by atoms with E-state index in [0.29, 0.717) is 12.5 Å². The van der Waals surface area contributed by atoms with Crippen LogP contribution in [0.4, 0.5) is 0 Å². The molecule has 0 saturated carbocycles. The number of carbonyl (C=O) groups is 1. The lowest BCUT2D eigenvalue weighted by Crippen LogP contribution is -2.42. The number of rotatable bonds is 6. The highest BCUT2D eigenvalue weighted by Crippen LogP contribution is 2.30. The first kappa shape index (κ1) is 25.5. The minimum atomic E-state index is 0.0602. The molecule has 1 aliphatic rings. The van der Waals surface area contributed by atoms with Gasteiger partial charge in [-0.15, -0.1) is 11.3 Å². The number of hydrogen-bond donors (Lipinski definition) is 1. The summed E-state index contributed by atoms with van der Waals surface area (Å²) in [6, 6.07) is 5.25. The summed E-state index contributed by atoms with van der Waals surface area (Å²) < 4.78 is 0. The van der Waals surface area contributed by atoms with Crippen LogP contribution in [-0.4, -0.2) is 53.8 Å². The number of nitrogens with zero attached hydrogens (tertiary/aromatic N) is 2. The molecule has 3 heterocycles. The number of thiophene rings is 1. The Hall–Kier alpha value is -1.76. The van der Waals surface area contributed by atoms with Crippen molar-refractivity contribution in [1.82, 2.24) is 14.8 Å². The van der Waals surface area contributed by atoms with Gasteiger partial charge in [-0.2, -0.15) is 0 Å². The molecule has 0 bridgehead atoms. The van der Waals surface area contributed by atoms with Gasteiger partial charge < -0.3 is 9.88 Å². The SMILES string of the molecule is CCC(=O)c1csc(C(C)N2CCC(N(C)C)CC2)c1.CCc1c(C)cc(C)[nH]c1=O. The fourth-order valence-corrected chi connectivity index (χ4v) is 5.22. The lowest BCUT2D eigenvalue weighted by Gasteiger charge is -2.38. The summed E-state index contributed by atoms with van der Waals surface area (Å²) in [4.78, 5) is 32.0. The molecule has 3 rings (SSSR count). The number of aromatic nitrogens is 1. The molecular formula is C25H39N3O2S. The van der Waals surface area contributed by atoms with E-state index in [1.54, 1.807) is 11.3 Å². The number of nitrogens with one attached hydrogen (secondary N) is 1. The van der Waals surface area contributed by atoms with Crippen molar-refractivity contribution in [3.63, 3.8) is 0 Å². The van der Waals surface area contributed by atoms with Crippen LogP contribution in [0.3, 0.4) is 0 Å². The zero-order valence-corrected chi connectivity index (χ0v) is 21.1. The topological polar surface area (TPSA) is 56.4 Å². The average Bonchev–Trinajstić information content (AvgIpc) is 3.23. The molecule has 0 amide bonds. The van der Waals surface area contributed by atoms with E-state index in [2.05, 4.69) is 41.9 Å². The molecule has 5 nitrogen and oxygen atoms in total. The number of aryl methyl sites for hydroxylation is 2. The van der Waals surface area contributed by atoms with Crippen LogP contribution >= 0.6 is 11.3 Å². The Morgan fingerprint density at radius 2 is 1.87 bits per heavy atom. The Balaban J connectivity index is 0.000000262. The molecular weight excluding hydrogens is 406 g/mol. The van der Waals surface area contributed by atoms with E-state index < -0.39 is 0 Å². The summed E-state index contributed by atoms with van der Waals surface area (Å²) in [5.41, 5.74) is 3.88. The first-order chi connectivity index (χ1) is 14.7. The van der Waals surface area contributed by atoms with E-state index in [-0.39, 0.29) is 11.3 Å². The van der Waals surface area contributed by atoms with Gasteiger partial charge >= 0.3 is 0 Å². The number of pyridine rings is 1. The van der Waals surface area contributed by atoms with Gasteiger partial charge in [0.15, 0.2) is 5.78 Å². The summed E-state index contributed by atoms with van der Waals surface area (Å²) in [7, 11) is 4.34. The fourth-order valence-electron chi connectivity index (χ4n) is 4.21. The monoisotopic (exact) mass is 445 g/mol. The van der Waals surface area contributed by atoms with E-state index in [4.69, 9.17) is 0 Å². The standard InChI is InChI=1S/C16H26N2OS.C9H13NO/c1-5-15(19)13-10-16(20-11-13)12(2)18-8-6-14(7-9-18)17(3)4;1-4-8-6(2)5-7(3)10-9(8)11/h10-12,14H,5-9H2,1-4H3;5H,4H2,1-3H3,(H,10,11). The van der Waals surface area contributed by atoms with Crippen molar-refractivity contribution < 1.29 is 4.79 Å². The zero-order chi connectivity index (χ0) is 23.1. The van der Waals surface area contributed by atoms with Crippen molar-refractivity contribution >= 4 is 17.1 Å². The molecule has 1 atom stereocenters. The van der Waals surface area contributed by atoms with Gasteiger partial charge in [-0.05, 0) is 71.8 Å². The van der Waals surface area contributed by atoms with Crippen molar-refractivity contribution in [3.05, 3.63) is 55.1 Å². The van der Waals surface area contributed by atoms with Gasteiger partial charge in [0.1, 0.15) is 0 Å². The van der Waals surface area contributed by atoms with Crippen LogP contribution in [0.5, 0.6) is 0 Å². The maximum Gasteiger partial charge on any atom is 0.251 e. The molecule has 0 aromatic carbocycles. The molecule has 1 saturated heterocycles. The van der Waals surface area contributed by atoms with Crippen molar-refractivity contribution in [2.45, 2.75) is 72.4 Å². The number of Topliss-reactive ketones (excluding diaryl/α,β-unsaturated/α-hetero) is 1. The molecule has 31 heavy (non-hydrogen) atoms. The minimum Gasteiger partial charge on any atom is -0.326 e. The van der Waals surface area contributed by atoms with Crippen molar-refractivity contribution in [3.8, 4) is 0 Å². The van der Waals surface area contributed by atoms with Crippen LogP contribution in [-0.2, 0) is 6.42 Å². The second-order valence-corrected chi connectivity index (χ2v) is 9.66. The molecule has 172 valence electrons. The van der Waals surface area contributed by atoms with E-state index in [9.17, 15) is 9.59 Å². The van der Waals surface area contributed by atoms with Crippen LogP contribution in [0, 0.1) is 13.8 Å². The molecule has 0 spiro atoms. The third kappa shape index (κ3) is 6.86. The normalized spacial score (nSPS) is 16.1. The summed E-state index contributed by atoms with van der Waals surface area (Å²) >= 11 is 1.73. The highest BCUT2D eigenvalue weighted by atomic mass is 32.1. The van der Waals surface area contributed by atoms with Gasteiger partial charge in [0.2, 0.25) is 0 Å². The van der Waals surface area contributed by atoms with Crippen molar-refractivity contribution in [2.75, 3.05) is 27.2 Å². The van der Waals surface area contributed by atoms with Crippen LogP contribution in [0.2, 0.25) is 0 Å². The molecule has 6 heteroatoms. The van der Waals surface area contributed by atoms with Gasteiger partial charge in [-0.25, -0.2) is 0 Å². The lowest BCUT2D eigenvalue weighted by molar-refractivity contribution is 0.0988. The third-order valence-corrected chi connectivity index (χ3v) is 7.40. The maximum absolute atomic E-state index is 11.7. The van der Waals surface area contributed by atoms with Crippen LogP contribution in [0.1, 0.15) is 78.1 Å². The molecule has 1 aliphatic heterocycles. The van der Waals surface area contributed by atoms with Gasteiger partial charge in [-0.3, -0.25) is 14.5 Å². The molecule has 0 aliphatic carbocycles. The third-order valence-electron chi connectivity index (χ3n) is 6.30. The van der Waals surface area contributed by atoms with Crippen LogP contribution in [0.15, 0.2) is 22.3 Å². The Bertz CT molecular complexity index is 908. The van der Waals surface area contributed by atoms with Crippen molar-refractivity contribution in [2.24, 2.45) is 0 Å². The Labute approximate surface area is 191 Å². The molecule has 1 unspecified atom stereocenters. The van der Waals surface area contributed by atoms with Gasteiger partial charge in [0.25, 0.3) is 5.56 Å². The predicted octanol–water partition coefficient (Wildman–Crippen LogP) is 4.98. The number of hydrogen-bond acceptors (Lipinski definition) is 5. The quantitative estimate of drug-likeness (QED) is 0.637. The Kier molecular flexibility index (Phi) is 9.66. The van der Waals surface area contributed by atoms with E-state index in [0.717, 1.165) is 47.9 Å². The van der Waals surface area contributed by atoms with Gasteiger partial charge in [0.05, 0.1) is 0 Å². The van der Waals surface area contributed by atoms with E-state index >= 15 is 0 Å². The molecule has 0 radical (unpaired) electrons. The first-order valence-corrected chi connectivity index (χ1v) is 12.3. The minimum absolute atomic E-state index is 0.0602. The average molecular weight is 446 g/mol. The summed E-state index contributed by atoms with van der Waals surface area (Å²) in [5.74, 6) is 0.256. The highest BCUT2D eigenvalue weighted by molar-refractivity contribution is 7.10. The van der Waals surface area contributed by atoms with Crippen LogP contribution < -0.4 is 5.56 Å². The highest BCUT2D eigenvalue weighted by Gasteiger charge is 2.25. The summed E-state index contributed by atoms with van der Waals surface area (Å²) in [5, 5.41) is 2.02. The molecule has 1 fully saturated rings. The second-order valence-electron chi connectivity index (χ2n) is 8.72. The van der Waals surface area contributed by atoms with Crippen molar-refractivity contribution in [1.29, 1.82) is 0 Å². The fraction of sp³-hybridized carbons (Fsp3) is 0.600. The summed E-state index contributed by atoms with van der Waals surface area (Å²) in [6.07, 6.45) is 3.88. The molecule has 1 N–H and O–H groups in total. The number of piperidine rings is 1. The number of likely N-dealkylation sites (tertiary alicyclic amines) is 1. The first-order valence-electron chi connectivity index (χ1n) is 11.4. The summed E-state index contributed by atoms with van der Waals surface area (Å²) in [6.45, 7) is 12.4. The second kappa shape index (κ2) is 11.7. The number of aromatic amines is 1. The maximum atomic E-state index is 11.7. The Morgan fingerprint density at radius 3 is 2.39 bits per heavy atom. The number of H-pyrrole nitrogens is 1. The number of carbonyl (C=O) groups excluding carboxylic acids is 1. The molecule has 2 aromatic rings. The Morgan fingerprint density at radius 1 is 1.23 bits per heavy atom.